The lowest BCUT2D eigenvalue weighted by molar-refractivity contribution is 0.337. The molecule has 0 fully saturated rings. The van der Waals surface area contributed by atoms with Gasteiger partial charge in [-0.15, -0.1) is 0 Å². The second-order valence-corrected chi connectivity index (χ2v) is 8.36. The summed E-state index contributed by atoms with van der Waals surface area (Å²) in [7, 11) is 1.91. The van der Waals surface area contributed by atoms with Crippen molar-refractivity contribution < 1.29 is 9.13 Å². The summed E-state index contributed by atoms with van der Waals surface area (Å²) in [6.45, 7) is 11.3. The minimum Gasteiger partial charge on any atom is -0.491 e. The standard InChI is InChI=1S/C26H32FN7O/c1-6-33(7-2)24-20(13-23-18(4)31-32(5)25(23)30-24)17-34(16-19-10-9-11-21(27)12-19)26-28-14-22(15-29-26)35-8-3/h9-15H,6-8,16-17H2,1-5H3. The summed E-state index contributed by atoms with van der Waals surface area (Å²) in [5.74, 6) is 1.78. The van der Waals surface area contributed by atoms with E-state index in [1.54, 1.807) is 24.5 Å². The van der Waals surface area contributed by atoms with Crippen LogP contribution in [0.3, 0.4) is 0 Å². The molecule has 0 amide bonds. The molecule has 0 radical (unpaired) electrons. The van der Waals surface area contributed by atoms with E-state index >= 15 is 0 Å². The summed E-state index contributed by atoms with van der Waals surface area (Å²) < 4.78 is 21.3. The summed E-state index contributed by atoms with van der Waals surface area (Å²) in [4.78, 5) is 18.4. The Kier molecular flexibility index (Phi) is 7.43. The number of fused-ring (bicyclic) bond motifs is 1. The van der Waals surface area contributed by atoms with Crippen LogP contribution in [-0.2, 0) is 20.1 Å². The van der Waals surface area contributed by atoms with Gasteiger partial charge in [-0.3, -0.25) is 4.68 Å². The zero-order chi connectivity index (χ0) is 24.9. The maximum Gasteiger partial charge on any atom is 0.226 e. The third-order valence-electron chi connectivity index (χ3n) is 5.95. The Labute approximate surface area is 205 Å². The van der Waals surface area contributed by atoms with Crippen LogP contribution >= 0.6 is 0 Å². The average molecular weight is 478 g/mol. The maximum atomic E-state index is 14.0. The smallest absolute Gasteiger partial charge is 0.226 e. The SMILES string of the molecule is CCOc1cnc(N(Cc2cccc(F)c2)Cc2cc3c(C)nn(C)c3nc2N(CC)CC)nc1. The molecule has 0 aliphatic heterocycles. The van der Waals surface area contributed by atoms with Crippen molar-refractivity contribution in [2.45, 2.75) is 40.8 Å². The van der Waals surface area contributed by atoms with Crippen LogP contribution in [0.5, 0.6) is 5.75 Å². The monoisotopic (exact) mass is 477 g/mol. The molecule has 184 valence electrons. The topological polar surface area (TPSA) is 72.2 Å². The highest BCUT2D eigenvalue weighted by Crippen LogP contribution is 2.28. The third kappa shape index (κ3) is 5.34. The largest absolute Gasteiger partial charge is 0.491 e. The highest BCUT2D eigenvalue weighted by atomic mass is 19.1. The van der Waals surface area contributed by atoms with Crippen LogP contribution < -0.4 is 14.5 Å². The Hall–Kier alpha value is -3.75. The van der Waals surface area contributed by atoms with Gasteiger partial charge in [0.05, 0.1) is 24.7 Å². The molecule has 0 N–H and O–H groups in total. The lowest BCUT2D eigenvalue weighted by atomic mass is 10.1. The van der Waals surface area contributed by atoms with E-state index in [4.69, 9.17) is 9.72 Å². The van der Waals surface area contributed by atoms with Gasteiger partial charge in [-0.1, -0.05) is 12.1 Å². The molecule has 9 heteroatoms. The zero-order valence-corrected chi connectivity index (χ0v) is 21.0. The first kappa shape index (κ1) is 24.4. The average Bonchev–Trinajstić information content (AvgIpc) is 3.12. The molecule has 3 aromatic heterocycles. The molecule has 3 heterocycles. The fourth-order valence-corrected chi connectivity index (χ4v) is 4.26. The van der Waals surface area contributed by atoms with Crippen LogP contribution in [-0.4, -0.2) is 44.4 Å². The van der Waals surface area contributed by atoms with E-state index in [0.29, 0.717) is 31.4 Å². The Morgan fingerprint density at radius 3 is 2.40 bits per heavy atom. The van der Waals surface area contributed by atoms with Gasteiger partial charge >= 0.3 is 0 Å². The van der Waals surface area contributed by atoms with Crippen molar-refractivity contribution in [3.8, 4) is 5.75 Å². The van der Waals surface area contributed by atoms with E-state index < -0.39 is 0 Å². The molecule has 0 saturated carbocycles. The second-order valence-electron chi connectivity index (χ2n) is 8.36. The summed E-state index contributed by atoms with van der Waals surface area (Å²) in [5.41, 5.74) is 3.64. The van der Waals surface area contributed by atoms with Crippen LogP contribution in [0.2, 0.25) is 0 Å². The van der Waals surface area contributed by atoms with E-state index in [2.05, 4.69) is 39.9 Å². The number of pyridine rings is 1. The van der Waals surface area contributed by atoms with E-state index in [1.165, 1.54) is 6.07 Å². The number of hydrogen-bond acceptors (Lipinski definition) is 7. The van der Waals surface area contributed by atoms with Crippen molar-refractivity contribution in [1.29, 1.82) is 0 Å². The third-order valence-corrected chi connectivity index (χ3v) is 5.95. The van der Waals surface area contributed by atoms with E-state index in [9.17, 15) is 4.39 Å². The number of nitrogens with zero attached hydrogens (tertiary/aromatic N) is 7. The number of halogens is 1. The van der Waals surface area contributed by atoms with Gasteiger partial charge < -0.3 is 14.5 Å². The number of anilines is 2. The molecule has 0 atom stereocenters. The van der Waals surface area contributed by atoms with Gasteiger partial charge in [0.25, 0.3) is 0 Å². The Balaban J connectivity index is 1.79. The molecule has 8 nitrogen and oxygen atoms in total. The number of ether oxygens (including phenoxy) is 1. The fourth-order valence-electron chi connectivity index (χ4n) is 4.26. The first-order chi connectivity index (χ1) is 16.9. The molecule has 0 unspecified atom stereocenters. The molecule has 4 rings (SSSR count). The maximum absolute atomic E-state index is 14.0. The Bertz CT molecular complexity index is 1290. The first-order valence-electron chi connectivity index (χ1n) is 12.0. The molecule has 0 bridgehead atoms. The first-order valence-corrected chi connectivity index (χ1v) is 12.0. The van der Waals surface area contributed by atoms with Crippen LogP contribution in [0.25, 0.3) is 11.0 Å². The van der Waals surface area contributed by atoms with E-state index in [0.717, 1.165) is 46.8 Å². The van der Waals surface area contributed by atoms with Crippen LogP contribution in [0, 0.1) is 12.7 Å². The lowest BCUT2D eigenvalue weighted by Gasteiger charge is -2.27. The van der Waals surface area contributed by atoms with Crippen molar-refractivity contribution in [3.05, 3.63) is 65.4 Å². The second kappa shape index (κ2) is 10.7. The van der Waals surface area contributed by atoms with Gasteiger partial charge in [0.1, 0.15) is 11.6 Å². The van der Waals surface area contributed by atoms with Crippen LogP contribution in [0.4, 0.5) is 16.2 Å². The molecule has 4 aromatic rings. The molecular weight excluding hydrogens is 445 g/mol. The molecule has 1 aromatic carbocycles. The predicted molar refractivity (Wildman–Crippen MR) is 136 cm³/mol. The number of rotatable bonds is 10. The zero-order valence-electron chi connectivity index (χ0n) is 21.0. The minimum atomic E-state index is -0.270. The van der Waals surface area contributed by atoms with Gasteiger partial charge in [0, 0.05) is 44.2 Å². The van der Waals surface area contributed by atoms with Crippen molar-refractivity contribution in [1.82, 2.24) is 24.7 Å². The van der Waals surface area contributed by atoms with Crippen molar-refractivity contribution in [2.75, 3.05) is 29.5 Å². The summed E-state index contributed by atoms with van der Waals surface area (Å²) in [5, 5.41) is 5.58. The van der Waals surface area contributed by atoms with Gasteiger partial charge in [-0.2, -0.15) is 5.10 Å². The molecule has 0 spiro atoms. The van der Waals surface area contributed by atoms with Gasteiger partial charge in [-0.25, -0.2) is 19.3 Å². The fraction of sp³-hybridized carbons (Fsp3) is 0.385. The summed E-state index contributed by atoms with van der Waals surface area (Å²) >= 11 is 0. The Morgan fingerprint density at radius 1 is 1.00 bits per heavy atom. The molecular formula is C26H32FN7O. The number of benzene rings is 1. The number of aromatic nitrogens is 5. The molecule has 35 heavy (non-hydrogen) atoms. The number of aryl methyl sites for hydroxylation is 2. The van der Waals surface area contributed by atoms with Crippen molar-refractivity contribution in [2.24, 2.45) is 7.05 Å². The summed E-state index contributed by atoms with van der Waals surface area (Å²) in [6, 6.07) is 8.77. The Morgan fingerprint density at radius 2 is 1.74 bits per heavy atom. The van der Waals surface area contributed by atoms with Crippen molar-refractivity contribution in [3.63, 3.8) is 0 Å². The van der Waals surface area contributed by atoms with Gasteiger partial charge in [0.15, 0.2) is 11.4 Å². The highest BCUT2D eigenvalue weighted by molar-refractivity contribution is 5.81. The molecule has 0 aliphatic rings. The molecule has 0 aliphatic carbocycles. The van der Waals surface area contributed by atoms with Crippen LogP contribution in [0.15, 0.2) is 42.7 Å². The molecule has 0 saturated heterocycles. The number of hydrogen-bond donors (Lipinski definition) is 0. The van der Waals surface area contributed by atoms with Crippen molar-refractivity contribution >= 4 is 22.8 Å². The highest BCUT2D eigenvalue weighted by Gasteiger charge is 2.20. The van der Waals surface area contributed by atoms with Gasteiger partial charge in [-0.05, 0) is 51.5 Å². The van der Waals surface area contributed by atoms with E-state index in [1.807, 2.05) is 36.5 Å². The van der Waals surface area contributed by atoms with Gasteiger partial charge in [0.2, 0.25) is 5.95 Å². The normalized spacial score (nSPS) is 11.1. The summed E-state index contributed by atoms with van der Waals surface area (Å²) in [6.07, 6.45) is 3.34. The lowest BCUT2D eigenvalue weighted by Crippen LogP contribution is -2.29. The predicted octanol–water partition coefficient (Wildman–Crippen LogP) is 4.66. The minimum absolute atomic E-state index is 0.270. The van der Waals surface area contributed by atoms with E-state index in [-0.39, 0.29) is 5.82 Å². The van der Waals surface area contributed by atoms with Crippen LogP contribution in [0.1, 0.15) is 37.6 Å². The quantitative estimate of drug-likeness (QED) is 0.329.